The summed E-state index contributed by atoms with van der Waals surface area (Å²) in [7, 11) is 0. The molecule has 0 aliphatic rings. The molecule has 1 aromatic carbocycles. The third-order valence-electron chi connectivity index (χ3n) is 2.75. The predicted molar refractivity (Wildman–Crippen MR) is 84.5 cm³/mol. The molecular weight excluding hydrogens is 322 g/mol. The van der Waals surface area contributed by atoms with Crippen LogP contribution in [0.1, 0.15) is 17.3 Å². The summed E-state index contributed by atoms with van der Waals surface area (Å²) < 4.78 is 2.32. The summed E-state index contributed by atoms with van der Waals surface area (Å²) in [5.41, 5.74) is 1.18. The average molecular weight is 333 g/mol. The Labute approximate surface area is 133 Å². The average Bonchev–Trinajstić information content (AvgIpc) is 3.06. The molecule has 0 radical (unpaired) electrons. The van der Waals surface area contributed by atoms with Gasteiger partial charge in [0.15, 0.2) is 10.1 Å². The van der Waals surface area contributed by atoms with E-state index in [1.54, 1.807) is 28.8 Å². The van der Waals surface area contributed by atoms with Crippen LogP contribution >= 0.6 is 23.1 Å². The number of fused-ring (bicyclic) bond motifs is 1. The Kier molecular flexibility index (Phi) is 4.16. The lowest BCUT2D eigenvalue weighted by atomic mass is 10.1. The summed E-state index contributed by atoms with van der Waals surface area (Å²) in [6.07, 6.45) is 1.52. The second kappa shape index (κ2) is 6.24. The molecule has 0 bridgehead atoms. The van der Waals surface area contributed by atoms with Crippen LogP contribution in [0.25, 0.3) is 4.96 Å². The van der Waals surface area contributed by atoms with Gasteiger partial charge in [0.25, 0.3) is 0 Å². The van der Waals surface area contributed by atoms with E-state index in [9.17, 15) is 9.59 Å². The number of ketones is 1. The van der Waals surface area contributed by atoms with E-state index in [2.05, 4.69) is 20.6 Å². The number of thioether (sulfide) groups is 1. The van der Waals surface area contributed by atoms with E-state index in [4.69, 9.17) is 0 Å². The molecule has 0 atom stereocenters. The lowest BCUT2D eigenvalue weighted by Gasteiger charge is -2.05. The number of anilines is 1. The van der Waals surface area contributed by atoms with Crippen molar-refractivity contribution in [3.63, 3.8) is 0 Å². The van der Waals surface area contributed by atoms with E-state index >= 15 is 0 Å². The number of rotatable bonds is 5. The zero-order chi connectivity index (χ0) is 15.5. The van der Waals surface area contributed by atoms with Crippen LogP contribution in [-0.2, 0) is 4.79 Å². The van der Waals surface area contributed by atoms with E-state index in [1.165, 1.54) is 36.3 Å². The second-order valence-electron chi connectivity index (χ2n) is 4.40. The molecule has 0 unspecified atom stereocenters. The van der Waals surface area contributed by atoms with Crippen molar-refractivity contribution in [1.82, 2.24) is 19.8 Å². The van der Waals surface area contributed by atoms with E-state index in [0.29, 0.717) is 16.2 Å². The van der Waals surface area contributed by atoms with Gasteiger partial charge in [-0.2, -0.15) is 4.52 Å². The lowest BCUT2D eigenvalue weighted by Crippen LogP contribution is -2.14. The molecule has 3 aromatic rings. The quantitative estimate of drug-likeness (QED) is 0.568. The van der Waals surface area contributed by atoms with Crippen molar-refractivity contribution in [3.8, 4) is 0 Å². The molecule has 0 spiro atoms. The molecule has 1 N–H and O–H groups in total. The molecule has 0 aliphatic heterocycles. The van der Waals surface area contributed by atoms with Crippen LogP contribution in [0, 0.1) is 0 Å². The normalized spacial score (nSPS) is 10.8. The Balaban J connectivity index is 1.59. The molecule has 7 nitrogen and oxygen atoms in total. The zero-order valence-electron chi connectivity index (χ0n) is 11.5. The Hall–Kier alpha value is -2.26. The first-order chi connectivity index (χ1) is 10.6. The maximum atomic E-state index is 11.9. The number of carbonyl (C=O) groups excluding carboxylic acids is 2. The lowest BCUT2D eigenvalue weighted by molar-refractivity contribution is -0.113. The van der Waals surface area contributed by atoms with Gasteiger partial charge < -0.3 is 5.32 Å². The molecule has 2 aromatic heterocycles. The Morgan fingerprint density at radius 1 is 1.41 bits per heavy atom. The van der Waals surface area contributed by atoms with E-state index < -0.39 is 0 Å². The van der Waals surface area contributed by atoms with Crippen LogP contribution in [0.3, 0.4) is 0 Å². The van der Waals surface area contributed by atoms with Gasteiger partial charge in [-0.3, -0.25) is 9.59 Å². The van der Waals surface area contributed by atoms with Gasteiger partial charge in [-0.15, -0.1) is 15.3 Å². The highest BCUT2D eigenvalue weighted by Crippen LogP contribution is 2.23. The molecule has 22 heavy (non-hydrogen) atoms. The van der Waals surface area contributed by atoms with Crippen LogP contribution in [0.4, 0.5) is 5.69 Å². The maximum Gasteiger partial charge on any atom is 0.235 e. The molecule has 0 saturated heterocycles. The number of carbonyl (C=O) groups is 2. The number of nitrogens with zero attached hydrogens (tertiary/aromatic N) is 4. The number of aromatic nitrogens is 4. The SMILES string of the molecule is CC(=O)c1cccc(NC(=O)CSc2nn3cnnc3s2)c1. The van der Waals surface area contributed by atoms with E-state index in [-0.39, 0.29) is 17.4 Å². The molecule has 0 saturated carbocycles. The molecular formula is C13H11N5O2S2. The molecule has 9 heteroatoms. The van der Waals surface area contributed by atoms with Gasteiger partial charge in [-0.1, -0.05) is 35.2 Å². The van der Waals surface area contributed by atoms with Crippen molar-refractivity contribution >= 4 is 45.4 Å². The van der Waals surface area contributed by atoms with Crippen molar-refractivity contribution in [2.75, 3.05) is 11.1 Å². The highest BCUT2D eigenvalue weighted by molar-refractivity contribution is 8.01. The van der Waals surface area contributed by atoms with Crippen molar-refractivity contribution < 1.29 is 9.59 Å². The van der Waals surface area contributed by atoms with E-state index in [0.717, 1.165) is 4.34 Å². The summed E-state index contributed by atoms with van der Waals surface area (Å²) in [6.45, 7) is 1.49. The fourth-order valence-electron chi connectivity index (χ4n) is 1.74. The monoisotopic (exact) mass is 333 g/mol. The number of amides is 1. The topological polar surface area (TPSA) is 89.2 Å². The van der Waals surface area contributed by atoms with Gasteiger partial charge in [0, 0.05) is 11.3 Å². The van der Waals surface area contributed by atoms with Crippen molar-refractivity contribution in [3.05, 3.63) is 36.2 Å². The zero-order valence-corrected chi connectivity index (χ0v) is 13.1. The molecule has 0 aliphatic carbocycles. The van der Waals surface area contributed by atoms with Crippen molar-refractivity contribution in [2.24, 2.45) is 0 Å². The maximum absolute atomic E-state index is 11.9. The Morgan fingerprint density at radius 3 is 3.05 bits per heavy atom. The third kappa shape index (κ3) is 3.31. The first kappa shape index (κ1) is 14.7. The van der Waals surface area contributed by atoms with Gasteiger partial charge >= 0.3 is 0 Å². The smallest absolute Gasteiger partial charge is 0.235 e. The van der Waals surface area contributed by atoms with Gasteiger partial charge in [0.05, 0.1) is 5.75 Å². The largest absolute Gasteiger partial charge is 0.325 e. The van der Waals surface area contributed by atoms with E-state index in [1.807, 2.05) is 0 Å². The third-order valence-corrected chi connectivity index (χ3v) is 4.79. The van der Waals surface area contributed by atoms with Crippen molar-refractivity contribution in [2.45, 2.75) is 11.3 Å². The minimum atomic E-state index is -0.156. The number of hydrogen-bond donors (Lipinski definition) is 1. The fraction of sp³-hybridized carbons (Fsp3) is 0.154. The molecule has 3 rings (SSSR count). The predicted octanol–water partition coefficient (Wildman–Crippen LogP) is 2.12. The number of benzene rings is 1. The van der Waals surface area contributed by atoms with Gasteiger partial charge in [-0.05, 0) is 19.1 Å². The number of nitrogens with one attached hydrogen (secondary N) is 1. The fourth-order valence-corrected chi connectivity index (χ4v) is 3.40. The van der Waals surface area contributed by atoms with Crippen LogP contribution < -0.4 is 5.32 Å². The number of Topliss-reactive ketones (excluding diaryl/α,β-unsaturated/α-hetero) is 1. The van der Waals surface area contributed by atoms with Crippen LogP contribution in [0.15, 0.2) is 34.9 Å². The minimum Gasteiger partial charge on any atom is -0.325 e. The molecule has 2 heterocycles. The highest BCUT2D eigenvalue weighted by Gasteiger charge is 2.09. The van der Waals surface area contributed by atoms with Gasteiger partial charge in [0.2, 0.25) is 10.9 Å². The molecule has 1 amide bonds. The molecule has 0 fully saturated rings. The molecule has 112 valence electrons. The Bertz CT molecular complexity index is 813. The first-order valence-corrected chi connectivity index (χ1v) is 8.12. The summed E-state index contributed by atoms with van der Waals surface area (Å²) in [5.74, 6) is 0.0378. The van der Waals surface area contributed by atoms with Crippen LogP contribution in [0.5, 0.6) is 0 Å². The summed E-state index contributed by atoms with van der Waals surface area (Å²) in [4.78, 5) is 24.0. The minimum absolute atomic E-state index is 0.0368. The summed E-state index contributed by atoms with van der Waals surface area (Å²) in [6, 6.07) is 6.86. The highest BCUT2D eigenvalue weighted by atomic mass is 32.2. The van der Waals surface area contributed by atoms with Gasteiger partial charge in [0.1, 0.15) is 6.33 Å². The second-order valence-corrected chi connectivity index (χ2v) is 6.58. The summed E-state index contributed by atoms with van der Waals surface area (Å²) >= 11 is 2.70. The van der Waals surface area contributed by atoms with Gasteiger partial charge in [-0.25, -0.2) is 0 Å². The van der Waals surface area contributed by atoms with Crippen molar-refractivity contribution in [1.29, 1.82) is 0 Å². The standard InChI is InChI=1S/C13H11N5O2S2/c1-8(19)9-3-2-4-10(5-9)15-11(20)6-21-13-17-18-7-14-16-12(18)22-13/h2-5,7H,6H2,1H3,(H,15,20). The number of hydrogen-bond acceptors (Lipinski definition) is 7. The van der Waals surface area contributed by atoms with Crippen LogP contribution in [0.2, 0.25) is 0 Å². The summed E-state index contributed by atoms with van der Waals surface area (Å²) in [5, 5.41) is 14.6. The Morgan fingerprint density at radius 2 is 2.27 bits per heavy atom. The first-order valence-electron chi connectivity index (χ1n) is 6.32. The van der Waals surface area contributed by atoms with Crippen LogP contribution in [-0.4, -0.2) is 37.3 Å².